The average molecular weight is 244 g/mol. The summed E-state index contributed by atoms with van der Waals surface area (Å²) in [5.41, 5.74) is 0.510. The highest BCUT2D eigenvalue weighted by Crippen LogP contribution is 2.14. The van der Waals surface area contributed by atoms with Crippen molar-refractivity contribution < 1.29 is 14.3 Å². The summed E-state index contributed by atoms with van der Waals surface area (Å²) in [5, 5.41) is 17.1. The van der Waals surface area contributed by atoms with Crippen molar-refractivity contribution in [2.24, 2.45) is 0 Å². The normalized spacial score (nSPS) is 12.7. The smallest absolute Gasteiger partial charge is 0.348 e. The van der Waals surface area contributed by atoms with Crippen molar-refractivity contribution in [2.75, 3.05) is 0 Å². The molecule has 0 bridgehead atoms. The molecule has 0 N–H and O–H groups in total. The number of carbonyl (C=O) groups excluding carboxylic acids is 1. The molecule has 0 aliphatic carbocycles. The molecule has 0 aliphatic heterocycles. The van der Waals surface area contributed by atoms with E-state index in [1.807, 2.05) is 6.07 Å². The molecule has 1 aromatic carbocycles. The molecule has 5 nitrogen and oxygen atoms in total. The van der Waals surface area contributed by atoms with E-state index in [0.29, 0.717) is 11.3 Å². The van der Waals surface area contributed by atoms with Crippen LogP contribution in [-0.2, 0) is 9.53 Å². The van der Waals surface area contributed by atoms with Gasteiger partial charge in [-0.2, -0.15) is 10.5 Å². The maximum Gasteiger partial charge on any atom is 0.348 e. The van der Waals surface area contributed by atoms with Crippen LogP contribution in [0, 0.1) is 22.7 Å². The third-order valence-corrected chi connectivity index (χ3v) is 2.10. The van der Waals surface area contributed by atoms with Crippen LogP contribution in [0.2, 0.25) is 0 Å². The minimum absolute atomic E-state index is 0.461. The highest BCUT2D eigenvalue weighted by atomic mass is 16.6. The van der Waals surface area contributed by atoms with Crippen molar-refractivity contribution in [3.63, 3.8) is 0 Å². The lowest BCUT2D eigenvalue weighted by Crippen LogP contribution is -2.28. The molecule has 0 heterocycles. The lowest BCUT2D eigenvalue weighted by molar-refractivity contribution is -0.153. The van der Waals surface area contributed by atoms with Crippen molar-refractivity contribution in [1.29, 1.82) is 10.5 Å². The first kappa shape index (κ1) is 13.5. The van der Waals surface area contributed by atoms with Gasteiger partial charge in [-0.3, -0.25) is 0 Å². The third-order valence-electron chi connectivity index (χ3n) is 2.10. The number of ether oxygens (including phenoxy) is 2. The van der Waals surface area contributed by atoms with Gasteiger partial charge in [0.05, 0.1) is 11.6 Å². The molecule has 0 spiro atoms. The van der Waals surface area contributed by atoms with Gasteiger partial charge in [0, 0.05) is 0 Å². The van der Waals surface area contributed by atoms with Gasteiger partial charge in [-0.1, -0.05) is 0 Å². The van der Waals surface area contributed by atoms with Gasteiger partial charge in [0.2, 0.25) is 0 Å². The molecule has 92 valence electrons. The summed E-state index contributed by atoms with van der Waals surface area (Å²) in [4.78, 5) is 11.5. The highest BCUT2D eigenvalue weighted by Gasteiger charge is 2.18. The monoisotopic (exact) mass is 244 g/mol. The molecule has 0 amide bonds. The van der Waals surface area contributed by atoms with Crippen molar-refractivity contribution >= 4 is 5.97 Å². The lowest BCUT2D eigenvalue weighted by Gasteiger charge is -2.14. The molecule has 0 saturated heterocycles. The Morgan fingerprint density at radius 2 is 1.83 bits per heavy atom. The van der Waals surface area contributed by atoms with E-state index in [0.717, 1.165) is 0 Å². The minimum Gasteiger partial charge on any atom is -0.479 e. The highest BCUT2D eigenvalue weighted by molar-refractivity contribution is 5.75. The Bertz CT molecular complexity index is 496. The standard InChI is InChI=1S/C13H12N2O3/c1-9(7-14)17-13(16)10(2)18-12-5-3-11(8-15)4-6-12/h3-6,9-10H,1-2H3/t9-,10+/m0/s1. The largest absolute Gasteiger partial charge is 0.479 e. The summed E-state index contributed by atoms with van der Waals surface area (Å²) >= 11 is 0. The molecule has 1 aromatic rings. The molecule has 0 radical (unpaired) electrons. The average Bonchev–Trinajstić information content (AvgIpc) is 2.39. The molecule has 0 unspecified atom stereocenters. The van der Waals surface area contributed by atoms with Gasteiger partial charge in [0.25, 0.3) is 0 Å². The topological polar surface area (TPSA) is 83.1 Å². The van der Waals surface area contributed by atoms with Gasteiger partial charge in [-0.15, -0.1) is 0 Å². The van der Waals surface area contributed by atoms with Crippen LogP contribution in [0.25, 0.3) is 0 Å². The number of benzene rings is 1. The van der Waals surface area contributed by atoms with Crippen LogP contribution in [0.1, 0.15) is 19.4 Å². The van der Waals surface area contributed by atoms with Crippen molar-refractivity contribution in [1.82, 2.24) is 0 Å². The molecular formula is C13H12N2O3. The minimum atomic E-state index is -0.811. The van der Waals surface area contributed by atoms with Crippen LogP contribution < -0.4 is 4.74 Å². The Balaban J connectivity index is 2.59. The fraction of sp³-hybridized carbons (Fsp3) is 0.308. The van der Waals surface area contributed by atoms with E-state index in [4.69, 9.17) is 20.0 Å². The third kappa shape index (κ3) is 3.80. The second-order valence-corrected chi connectivity index (χ2v) is 3.60. The fourth-order valence-electron chi connectivity index (χ4n) is 1.16. The van der Waals surface area contributed by atoms with E-state index >= 15 is 0 Å². The van der Waals surface area contributed by atoms with Crippen molar-refractivity contribution in [2.45, 2.75) is 26.1 Å². The van der Waals surface area contributed by atoms with E-state index in [2.05, 4.69) is 0 Å². The Labute approximate surface area is 105 Å². The van der Waals surface area contributed by atoms with Crippen molar-refractivity contribution in [3.05, 3.63) is 29.8 Å². The first-order valence-electron chi connectivity index (χ1n) is 5.33. The van der Waals surface area contributed by atoms with Gasteiger partial charge in [0.15, 0.2) is 12.2 Å². The second-order valence-electron chi connectivity index (χ2n) is 3.60. The number of hydrogen-bond acceptors (Lipinski definition) is 5. The molecule has 0 aliphatic rings. The summed E-state index contributed by atoms with van der Waals surface area (Å²) in [6.45, 7) is 3.01. The molecule has 0 aromatic heterocycles. The number of carbonyl (C=O) groups is 1. The zero-order valence-corrected chi connectivity index (χ0v) is 10.1. The predicted molar refractivity (Wildman–Crippen MR) is 62.4 cm³/mol. The molecule has 0 fully saturated rings. The van der Waals surface area contributed by atoms with Crippen LogP contribution >= 0.6 is 0 Å². The lowest BCUT2D eigenvalue weighted by atomic mass is 10.2. The predicted octanol–water partition coefficient (Wildman–Crippen LogP) is 1.78. The summed E-state index contributed by atoms with van der Waals surface area (Å²) < 4.78 is 10.1. The quantitative estimate of drug-likeness (QED) is 0.754. The van der Waals surface area contributed by atoms with Gasteiger partial charge < -0.3 is 9.47 Å². The van der Waals surface area contributed by atoms with Gasteiger partial charge in [-0.25, -0.2) is 4.79 Å². The molecule has 0 saturated carbocycles. The van der Waals surface area contributed by atoms with Crippen LogP contribution in [0.3, 0.4) is 0 Å². The van der Waals surface area contributed by atoms with Gasteiger partial charge >= 0.3 is 5.97 Å². The molecular weight excluding hydrogens is 232 g/mol. The van der Waals surface area contributed by atoms with E-state index in [1.54, 1.807) is 30.3 Å². The molecule has 5 heteroatoms. The zero-order chi connectivity index (χ0) is 13.5. The number of nitriles is 2. The van der Waals surface area contributed by atoms with Crippen LogP contribution in [0.4, 0.5) is 0 Å². The Morgan fingerprint density at radius 1 is 1.22 bits per heavy atom. The van der Waals surface area contributed by atoms with Gasteiger partial charge in [-0.05, 0) is 38.1 Å². The first-order valence-corrected chi connectivity index (χ1v) is 5.33. The number of rotatable bonds is 4. The molecule has 1 rings (SSSR count). The summed E-state index contributed by atoms with van der Waals surface area (Å²) in [6.07, 6.45) is -1.61. The SMILES string of the molecule is C[C@@H](C#N)OC(=O)[C@@H](C)Oc1ccc(C#N)cc1. The first-order chi connectivity index (χ1) is 8.56. The Kier molecular flexibility index (Phi) is 4.71. The number of nitrogens with zero attached hydrogens (tertiary/aromatic N) is 2. The summed E-state index contributed by atoms with van der Waals surface area (Å²) in [6, 6.07) is 10.1. The van der Waals surface area contributed by atoms with Crippen LogP contribution in [0.15, 0.2) is 24.3 Å². The summed E-state index contributed by atoms with van der Waals surface area (Å²) in [7, 11) is 0. The Morgan fingerprint density at radius 3 is 2.33 bits per heavy atom. The number of hydrogen-bond donors (Lipinski definition) is 0. The zero-order valence-electron chi connectivity index (χ0n) is 10.1. The number of esters is 1. The van der Waals surface area contributed by atoms with Crippen molar-refractivity contribution in [3.8, 4) is 17.9 Å². The van der Waals surface area contributed by atoms with Gasteiger partial charge in [0.1, 0.15) is 11.8 Å². The van der Waals surface area contributed by atoms with E-state index in [9.17, 15) is 4.79 Å². The Hall–Kier alpha value is -2.53. The molecule has 2 atom stereocenters. The fourth-order valence-corrected chi connectivity index (χ4v) is 1.16. The summed E-state index contributed by atoms with van der Waals surface area (Å²) in [5.74, 6) is -0.142. The molecule has 18 heavy (non-hydrogen) atoms. The van der Waals surface area contributed by atoms with Crippen LogP contribution in [-0.4, -0.2) is 18.2 Å². The maximum absolute atomic E-state index is 11.5. The second kappa shape index (κ2) is 6.27. The maximum atomic E-state index is 11.5. The van der Waals surface area contributed by atoms with E-state index in [1.165, 1.54) is 13.8 Å². The van der Waals surface area contributed by atoms with Crippen LogP contribution in [0.5, 0.6) is 5.75 Å². The van der Waals surface area contributed by atoms with E-state index < -0.39 is 18.2 Å². The van der Waals surface area contributed by atoms with E-state index in [-0.39, 0.29) is 0 Å².